The van der Waals surface area contributed by atoms with Gasteiger partial charge in [0, 0.05) is 19.3 Å². The van der Waals surface area contributed by atoms with Crippen LogP contribution in [-0.2, 0) is 14.4 Å². The third-order valence-electron chi connectivity index (χ3n) is 4.91. The first-order valence-electron chi connectivity index (χ1n) is 10.7. The Morgan fingerprint density at radius 3 is 1.52 bits per heavy atom. The summed E-state index contributed by atoms with van der Waals surface area (Å²) in [6.45, 7) is 2.63. The number of rotatable bonds is 19. The predicted octanol–water partition coefficient (Wildman–Crippen LogP) is 3.93. The van der Waals surface area contributed by atoms with Gasteiger partial charge >= 0.3 is 0 Å². The Kier molecular flexibility index (Phi) is 16.4. The number of hydrogen-bond acceptors (Lipinski definition) is 5. The lowest BCUT2D eigenvalue weighted by Gasteiger charge is -2.14. The van der Waals surface area contributed by atoms with Crippen molar-refractivity contribution in [2.45, 2.75) is 96.4 Å². The van der Waals surface area contributed by atoms with Gasteiger partial charge in [0.1, 0.15) is 11.8 Å². The van der Waals surface area contributed by atoms with Crippen LogP contribution in [0.5, 0.6) is 0 Å². The van der Waals surface area contributed by atoms with Gasteiger partial charge in [-0.3, -0.25) is 9.59 Å². The molecule has 0 aromatic heterocycles. The van der Waals surface area contributed by atoms with Crippen LogP contribution < -0.4 is 5.32 Å². The molecule has 0 saturated heterocycles. The second-order valence-electron chi connectivity index (χ2n) is 7.95. The quantitative estimate of drug-likeness (QED) is 0.271. The average Bonchev–Trinajstić information content (AvgIpc) is 2.60. The summed E-state index contributed by atoms with van der Waals surface area (Å²) in [4.78, 5) is 37.5. The van der Waals surface area contributed by atoms with Gasteiger partial charge in [0.2, 0.25) is 0 Å². The molecule has 0 aliphatic carbocycles. The van der Waals surface area contributed by atoms with E-state index < -0.39 is 6.04 Å². The van der Waals surface area contributed by atoms with Gasteiger partial charge < -0.3 is 15.0 Å². The lowest BCUT2D eigenvalue weighted by atomic mass is 9.98. The minimum atomic E-state index is -0.620. The lowest BCUT2D eigenvalue weighted by molar-refractivity contribution is -0.130. The molecule has 1 N–H and O–H groups in total. The highest BCUT2D eigenvalue weighted by Crippen LogP contribution is 2.12. The van der Waals surface area contributed by atoms with E-state index in [2.05, 4.69) is 10.2 Å². The van der Waals surface area contributed by atoms with E-state index >= 15 is 0 Å². The third-order valence-corrected chi connectivity index (χ3v) is 4.91. The molecule has 0 saturated carbocycles. The summed E-state index contributed by atoms with van der Waals surface area (Å²) < 4.78 is 0. The predicted molar refractivity (Wildman–Crippen MR) is 112 cm³/mol. The first kappa shape index (κ1) is 25.9. The van der Waals surface area contributed by atoms with Gasteiger partial charge in [-0.15, -0.1) is 0 Å². The Morgan fingerprint density at radius 1 is 0.704 bits per heavy atom. The highest BCUT2D eigenvalue weighted by molar-refractivity contribution is 6.06. The average molecular weight is 383 g/mol. The molecular formula is C22H42N2O3. The molecule has 0 aromatic carbocycles. The van der Waals surface area contributed by atoms with Crippen LogP contribution in [0.2, 0.25) is 0 Å². The van der Waals surface area contributed by atoms with E-state index in [1.807, 2.05) is 14.1 Å². The van der Waals surface area contributed by atoms with Crippen LogP contribution >= 0.6 is 0 Å². The molecular weight excluding hydrogens is 340 g/mol. The molecule has 0 bridgehead atoms. The van der Waals surface area contributed by atoms with Crippen molar-refractivity contribution in [1.82, 2.24) is 10.2 Å². The van der Waals surface area contributed by atoms with Crippen molar-refractivity contribution in [3.05, 3.63) is 0 Å². The molecule has 158 valence electrons. The highest BCUT2D eigenvalue weighted by atomic mass is 16.2. The van der Waals surface area contributed by atoms with Crippen LogP contribution in [-0.4, -0.2) is 56.0 Å². The zero-order valence-corrected chi connectivity index (χ0v) is 18.1. The minimum Gasteiger partial charge on any atom is -0.309 e. The van der Waals surface area contributed by atoms with Gasteiger partial charge in [0.05, 0.1) is 0 Å². The second kappa shape index (κ2) is 17.1. The van der Waals surface area contributed by atoms with Gasteiger partial charge in [-0.2, -0.15) is 0 Å². The SMILES string of the molecule is CNC(C(=O)CCCCCCCCCCC(C)=O)C(=O)CCCCN(C)C. The van der Waals surface area contributed by atoms with Crippen molar-refractivity contribution in [3.63, 3.8) is 0 Å². The Labute approximate surface area is 166 Å². The number of nitrogens with one attached hydrogen (secondary N) is 1. The number of carbonyl (C=O) groups is 3. The van der Waals surface area contributed by atoms with Gasteiger partial charge in [0.15, 0.2) is 11.6 Å². The van der Waals surface area contributed by atoms with E-state index in [4.69, 9.17) is 0 Å². The molecule has 0 fully saturated rings. The van der Waals surface area contributed by atoms with Gasteiger partial charge in [-0.05, 0) is 60.3 Å². The Balaban J connectivity index is 3.72. The van der Waals surface area contributed by atoms with Gasteiger partial charge in [-0.25, -0.2) is 0 Å². The minimum absolute atomic E-state index is 0.0341. The number of ketones is 3. The molecule has 0 aliphatic rings. The summed E-state index contributed by atoms with van der Waals surface area (Å²) in [7, 11) is 5.75. The molecule has 5 nitrogen and oxygen atoms in total. The van der Waals surface area contributed by atoms with Crippen LogP contribution in [0.15, 0.2) is 0 Å². The molecule has 27 heavy (non-hydrogen) atoms. The smallest absolute Gasteiger partial charge is 0.157 e. The van der Waals surface area contributed by atoms with Crippen LogP contribution in [0.25, 0.3) is 0 Å². The molecule has 0 rings (SSSR count). The van der Waals surface area contributed by atoms with Crippen LogP contribution in [0.3, 0.4) is 0 Å². The standard InChI is InChI=1S/C22H42N2O3/c1-19(25)15-11-9-7-5-6-8-10-12-16-20(26)22(23-2)21(27)17-13-14-18-24(3)4/h22-23H,5-18H2,1-4H3. The van der Waals surface area contributed by atoms with Crippen LogP contribution in [0.4, 0.5) is 0 Å². The van der Waals surface area contributed by atoms with E-state index in [9.17, 15) is 14.4 Å². The third kappa shape index (κ3) is 15.7. The fourth-order valence-corrected chi connectivity index (χ4v) is 3.25. The number of Topliss-reactive ketones (excluding diaryl/α,β-unsaturated/α-hetero) is 3. The largest absolute Gasteiger partial charge is 0.309 e. The maximum absolute atomic E-state index is 12.3. The second-order valence-corrected chi connectivity index (χ2v) is 7.95. The maximum Gasteiger partial charge on any atom is 0.157 e. The Bertz CT molecular complexity index is 422. The summed E-state index contributed by atoms with van der Waals surface area (Å²) in [5.41, 5.74) is 0. The fraction of sp³-hybridized carbons (Fsp3) is 0.864. The first-order valence-corrected chi connectivity index (χ1v) is 10.7. The number of unbranched alkanes of at least 4 members (excludes halogenated alkanes) is 8. The fourth-order valence-electron chi connectivity index (χ4n) is 3.25. The van der Waals surface area contributed by atoms with E-state index in [0.717, 1.165) is 51.5 Å². The molecule has 0 amide bonds. The molecule has 0 aliphatic heterocycles. The van der Waals surface area contributed by atoms with Crippen molar-refractivity contribution in [1.29, 1.82) is 0 Å². The summed E-state index contributed by atoms with van der Waals surface area (Å²) >= 11 is 0. The normalized spacial score (nSPS) is 12.3. The number of carbonyl (C=O) groups excluding carboxylic acids is 3. The van der Waals surface area contributed by atoms with E-state index in [0.29, 0.717) is 19.3 Å². The van der Waals surface area contributed by atoms with Crippen molar-refractivity contribution < 1.29 is 14.4 Å². The number of hydrogen-bond donors (Lipinski definition) is 1. The molecule has 1 atom stereocenters. The monoisotopic (exact) mass is 382 g/mol. The van der Waals surface area contributed by atoms with Crippen molar-refractivity contribution in [2.24, 2.45) is 0 Å². The summed E-state index contributed by atoms with van der Waals surface area (Å²) in [6, 6.07) is -0.620. The van der Waals surface area contributed by atoms with Gasteiger partial charge in [0.25, 0.3) is 0 Å². The lowest BCUT2D eigenvalue weighted by Crippen LogP contribution is -2.41. The van der Waals surface area contributed by atoms with Crippen molar-refractivity contribution >= 4 is 17.3 Å². The number of likely N-dealkylation sites (N-methyl/N-ethyl adjacent to an activating group) is 1. The topological polar surface area (TPSA) is 66.5 Å². The van der Waals surface area contributed by atoms with Crippen LogP contribution in [0.1, 0.15) is 90.4 Å². The summed E-state index contributed by atoms with van der Waals surface area (Å²) in [5.74, 6) is 0.359. The van der Waals surface area contributed by atoms with E-state index in [-0.39, 0.29) is 17.3 Å². The van der Waals surface area contributed by atoms with E-state index in [1.165, 1.54) is 19.3 Å². The Morgan fingerprint density at radius 2 is 1.11 bits per heavy atom. The van der Waals surface area contributed by atoms with Crippen molar-refractivity contribution in [3.8, 4) is 0 Å². The Hall–Kier alpha value is -1.07. The first-order chi connectivity index (χ1) is 12.9. The van der Waals surface area contributed by atoms with Crippen LogP contribution in [0, 0.1) is 0 Å². The zero-order chi connectivity index (χ0) is 20.5. The van der Waals surface area contributed by atoms with E-state index in [1.54, 1.807) is 14.0 Å². The summed E-state index contributed by atoms with van der Waals surface area (Å²) in [5, 5.41) is 2.91. The molecule has 1 unspecified atom stereocenters. The van der Waals surface area contributed by atoms with Crippen molar-refractivity contribution in [2.75, 3.05) is 27.7 Å². The summed E-state index contributed by atoms with van der Waals surface area (Å²) in [6.07, 6.45) is 12.3. The molecule has 5 heteroatoms. The molecule has 0 radical (unpaired) electrons. The zero-order valence-electron chi connectivity index (χ0n) is 18.1. The highest BCUT2D eigenvalue weighted by Gasteiger charge is 2.23. The maximum atomic E-state index is 12.3. The van der Waals surface area contributed by atoms with Gasteiger partial charge in [-0.1, -0.05) is 38.5 Å². The molecule has 0 heterocycles. The number of nitrogens with zero attached hydrogens (tertiary/aromatic N) is 1. The molecule has 0 aromatic rings. The molecule has 0 spiro atoms.